The van der Waals surface area contributed by atoms with Gasteiger partial charge in [0.1, 0.15) is 0 Å². The third-order valence-corrected chi connectivity index (χ3v) is 1.89. The molecule has 92 valence electrons. The predicted octanol–water partition coefficient (Wildman–Crippen LogP) is 0.349. The summed E-state index contributed by atoms with van der Waals surface area (Å²) in [4.78, 5) is 26.2. The molecule has 0 amide bonds. The molecule has 0 atom stereocenters. The highest BCUT2D eigenvalue weighted by atomic mass is 16.7. The van der Waals surface area contributed by atoms with Crippen LogP contribution < -0.4 is 5.32 Å². The predicted molar refractivity (Wildman–Crippen MR) is 59.2 cm³/mol. The third kappa shape index (κ3) is 5.07. The summed E-state index contributed by atoms with van der Waals surface area (Å²) < 4.78 is 9.43. The van der Waals surface area contributed by atoms with Crippen molar-refractivity contribution in [3.63, 3.8) is 0 Å². The molecule has 0 aliphatic heterocycles. The van der Waals surface area contributed by atoms with Crippen LogP contribution in [0.1, 0.15) is 16.8 Å². The van der Waals surface area contributed by atoms with Crippen LogP contribution in [0.25, 0.3) is 0 Å². The molecule has 0 unspecified atom stereocenters. The molecule has 0 spiro atoms. The van der Waals surface area contributed by atoms with Crippen molar-refractivity contribution < 1.29 is 19.1 Å². The fraction of sp³-hybridized carbons (Fsp3) is 0.364. The molecule has 0 radical (unpaired) electrons. The lowest BCUT2D eigenvalue weighted by atomic mass is 10.3. The van der Waals surface area contributed by atoms with Crippen LogP contribution in [0.5, 0.6) is 0 Å². The van der Waals surface area contributed by atoms with Crippen LogP contribution in [0.3, 0.4) is 0 Å². The van der Waals surface area contributed by atoms with Crippen LogP contribution in [0.15, 0.2) is 24.5 Å². The Labute approximate surface area is 98.9 Å². The van der Waals surface area contributed by atoms with Crippen LogP contribution in [-0.2, 0) is 14.3 Å². The lowest BCUT2D eigenvalue weighted by molar-refractivity contribution is -0.152. The van der Waals surface area contributed by atoms with E-state index in [1.807, 2.05) is 0 Å². The fourth-order valence-electron chi connectivity index (χ4n) is 1.01. The monoisotopic (exact) mass is 238 g/mol. The van der Waals surface area contributed by atoms with Gasteiger partial charge in [0, 0.05) is 18.9 Å². The molecule has 1 rings (SSSR count). The smallest absolute Gasteiger partial charge is 0.342 e. The molecule has 0 bridgehead atoms. The van der Waals surface area contributed by atoms with Crippen molar-refractivity contribution >= 4 is 11.9 Å². The summed E-state index contributed by atoms with van der Waals surface area (Å²) in [5.41, 5.74) is 0.318. The minimum Gasteiger partial charge on any atom is -0.428 e. The van der Waals surface area contributed by atoms with Crippen LogP contribution in [0, 0.1) is 0 Å². The van der Waals surface area contributed by atoms with E-state index in [0.29, 0.717) is 12.1 Å². The second kappa shape index (κ2) is 7.34. The van der Waals surface area contributed by atoms with Gasteiger partial charge in [-0.3, -0.25) is 9.78 Å². The van der Waals surface area contributed by atoms with Crippen molar-refractivity contribution in [3.8, 4) is 0 Å². The molecule has 1 heterocycles. The first kappa shape index (κ1) is 13.1. The van der Waals surface area contributed by atoms with Crippen LogP contribution >= 0.6 is 0 Å². The molecule has 17 heavy (non-hydrogen) atoms. The van der Waals surface area contributed by atoms with E-state index >= 15 is 0 Å². The highest BCUT2D eigenvalue weighted by molar-refractivity contribution is 5.88. The molecule has 0 fully saturated rings. The lowest BCUT2D eigenvalue weighted by Crippen LogP contribution is -2.17. The maximum Gasteiger partial charge on any atom is 0.342 e. The Morgan fingerprint density at radius 3 is 2.88 bits per heavy atom. The highest BCUT2D eigenvalue weighted by Crippen LogP contribution is 1.99. The molecule has 6 heteroatoms. The maximum absolute atomic E-state index is 11.4. The SMILES string of the molecule is CNCCC(=O)OCOC(=O)c1cccnc1. The molecule has 0 aliphatic carbocycles. The zero-order valence-electron chi connectivity index (χ0n) is 9.51. The van der Waals surface area contributed by atoms with Crippen LogP contribution in [-0.4, -0.2) is 37.3 Å². The van der Waals surface area contributed by atoms with Gasteiger partial charge in [-0.25, -0.2) is 4.79 Å². The number of hydrogen-bond acceptors (Lipinski definition) is 6. The topological polar surface area (TPSA) is 77.5 Å². The van der Waals surface area contributed by atoms with E-state index in [0.717, 1.165) is 0 Å². The fourth-order valence-corrected chi connectivity index (χ4v) is 1.01. The van der Waals surface area contributed by atoms with Gasteiger partial charge >= 0.3 is 11.9 Å². The molecular formula is C11H14N2O4. The summed E-state index contributed by atoms with van der Waals surface area (Å²) >= 11 is 0. The minimum atomic E-state index is -0.570. The summed E-state index contributed by atoms with van der Waals surface area (Å²) in [6.07, 6.45) is 3.17. The second-order valence-corrected chi connectivity index (χ2v) is 3.16. The first-order valence-electron chi connectivity index (χ1n) is 5.11. The van der Waals surface area contributed by atoms with Crippen molar-refractivity contribution in [1.29, 1.82) is 0 Å². The van der Waals surface area contributed by atoms with Gasteiger partial charge in [0.05, 0.1) is 12.0 Å². The van der Waals surface area contributed by atoms with E-state index in [2.05, 4.69) is 10.3 Å². The van der Waals surface area contributed by atoms with Crippen LogP contribution in [0.2, 0.25) is 0 Å². The molecule has 0 saturated heterocycles. The standard InChI is InChI=1S/C11H14N2O4/c1-12-6-4-10(14)16-8-17-11(15)9-3-2-5-13-7-9/h2-3,5,7,12H,4,6,8H2,1H3. The van der Waals surface area contributed by atoms with Gasteiger partial charge in [0.2, 0.25) is 6.79 Å². The summed E-state index contributed by atoms with van der Waals surface area (Å²) in [5.74, 6) is -0.988. The van der Waals surface area contributed by atoms with Gasteiger partial charge < -0.3 is 14.8 Å². The first-order valence-corrected chi connectivity index (χ1v) is 5.11. The number of ether oxygens (including phenoxy) is 2. The average Bonchev–Trinajstić information content (AvgIpc) is 2.37. The quantitative estimate of drug-likeness (QED) is 0.569. The van der Waals surface area contributed by atoms with Crippen molar-refractivity contribution in [2.75, 3.05) is 20.4 Å². The number of esters is 2. The first-order chi connectivity index (χ1) is 8.24. The number of pyridine rings is 1. The van der Waals surface area contributed by atoms with Gasteiger partial charge in [-0.1, -0.05) is 0 Å². The number of nitrogens with zero attached hydrogens (tertiary/aromatic N) is 1. The number of carbonyl (C=O) groups excluding carboxylic acids is 2. The molecule has 1 N–H and O–H groups in total. The Morgan fingerprint density at radius 1 is 1.41 bits per heavy atom. The molecule has 0 aromatic carbocycles. The molecule has 0 aliphatic rings. The van der Waals surface area contributed by atoms with Gasteiger partial charge in [-0.2, -0.15) is 0 Å². The second-order valence-electron chi connectivity index (χ2n) is 3.16. The lowest BCUT2D eigenvalue weighted by Gasteiger charge is -2.05. The Kier molecular flexibility index (Phi) is 5.67. The van der Waals surface area contributed by atoms with E-state index < -0.39 is 11.9 Å². The maximum atomic E-state index is 11.4. The Bertz CT molecular complexity index is 367. The molecule has 1 aromatic heterocycles. The molecule has 6 nitrogen and oxygen atoms in total. The number of rotatable bonds is 6. The highest BCUT2D eigenvalue weighted by Gasteiger charge is 2.08. The van der Waals surface area contributed by atoms with Crippen molar-refractivity contribution in [1.82, 2.24) is 10.3 Å². The summed E-state index contributed by atoms with van der Waals surface area (Å²) in [5, 5.41) is 2.81. The van der Waals surface area contributed by atoms with Crippen LogP contribution in [0.4, 0.5) is 0 Å². The minimum absolute atomic E-state index is 0.237. The Balaban J connectivity index is 2.23. The number of hydrogen-bond donors (Lipinski definition) is 1. The van der Waals surface area contributed by atoms with Crippen molar-refractivity contribution in [2.24, 2.45) is 0 Å². The molecular weight excluding hydrogens is 224 g/mol. The van der Waals surface area contributed by atoms with Gasteiger partial charge in [0.15, 0.2) is 0 Å². The zero-order valence-corrected chi connectivity index (χ0v) is 9.51. The third-order valence-electron chi connectivity index (χ3n) is 1.89. The molecule has 1 aromatic rings. The van der Waals surface area contributed by atoms with E-state index in [4.69, 9.17) is 9.47 Å². The molecule has 0 saturated carbocycles. The van der Waals surface area contributed by atoms with Gasteiger partial charge in [0.25, 0.3) is 0 Å². The van der Waals surface area contributed by atoms with Crippen molar-refractivity contribution in [2.45, 2.75) is 6.42 Å². The number of carbonyl (C=O) groups is 2. The van der Waals surface area contributed by atoms with Crippen molar-refractivity contribution in [3.05, 3.63) is 30.1 Å². The Morgan fingerprint density at radius 2 is 2.24 bits per heavy atom. The van der Waals surface area contributed by atoms with Gasteiger partial charge in [-0.15, -0.1) is 0 Å². The largest absolute Gasteiger partial charge is 0.428 e. The zero-order chi connectivity index (χ0) is 12.5. The van der Waals surface area contributed by atoms with E-state index in [1.165, 1.54) is 6.20 Å². The van der Waals surface area contributed by atoms with Gasteiger partial charge in [-0.05, 0) is 19.2 Å². The normalized spacial score (nSPS) is 9.71. The Hall–Kier alpha value is -1.95. The summed E-state index contributed by atoms with van der Waals surface area (Å²) in [6, 6.07) is 3.19. The van der Waals surface area contributed by atoms with E-state index in [1.54, 1.807) is 25.4 Å². The van der Waals surface area contributed by atoms with E-state index in [-0.39, 0.29) is 13.2 Å². The van der Waals surface area contributed by atoms with E-state index in [9.17, 15) is 9.59 Å². The number of nitrogens with one attached hydrogen (secondary N) is 1. The average molecular weight is 238 g/mol. The summed E-state index contributed by atoms with van der Waals surface area (Å²) in [6.45, 7) is 0.145. The number of aromatic nitrogens is 1. The summed E-state index contributed by atoms with van der Waals surface area (Å²) in [7, 11) is 1.73.